The lowest BCUT2D eigenvalue weighted by Crippen LogP contribution is -2.57. The molecule has 0 radical (unpaired) electrons. The SMILES string of the molecule is CC(C)(C)[C@@H]1NC(=O)O[C@@H]2CCC[C@H]2OC/C=C/C(F)(F)c2nc3ccccc3nc2O[C@@H]2C[C@@H](C(=O)C[C@]3(C(=O)NS(=O)(=O)C4CC4)C[C@H]3C(F)F)N(C2)C1=O.CC(C)(C)[C@@H]1NC(=O)O[C@@H]2CCC[C@H]2OC/C=C/C(F)(F)c2nc3ccccc3nc2O[C@@H]2C[C@@H](C(=O)O)N(C2)C1=O.Cl.N[C@]1(C(=O)NS(=O)(=O)C2CC2)C[C@H]1C(F)F. The zero-order chi connectivity index (χ0) is 83.4. The predicted molar refractivity (Wildman–Crippen MR) is 397 cm³/mol. The zero-order valence-corrected chi connectivity index (χ0v) is 66.4. The molecule has 0 unspecified atom stereocenters. The fraction of sp³-hybridized carbons (Fsp3) is 0.627. The van der Waals surface area contributed by atoms with E-state index in [0.717, 1.165) is 15.9 Å². The molecule has 116 heavy (non-hydrogen) atoms. The number of allylic oxidation sites excluding steroid dienone is 2. The Labute approximate surface area is 668 Å². The number of nitrogens with one attached hydrogen (secondary N) is 4. The van der Waals surface area contributed by atoms with Crippen molar-refractivity contribution < 1.29 is 124 Å². The number of carbonyl (C=O) groups is 8. The van der Waals surface area contributed by atoms with Crippen molar-refractivity contribution in [1.82, 2.24) is 49.8 Å². The molecule has 6 amide bonds. The highest BCUT2D eigenvalue weighted by molar-refractivity contribution is 7.91. The maximum Gasteiger partial charge on any atom is 0.408 e. The minimum Gasteiger partial charge on any atom is -0.480 e. The van der Waals surface area contributed by atoms with Crippen LogP contribution in [0, 0.1) is 28.1 Å². The number of nitrogens with zero attached hydrogens (tertiary/aromatic N) is 6. The van der Waals surface area contributed by atoms with Gasteiger partial charge in [0.2, 0.25) is 62.4 Å². The molecular weight excluding hydrogens is 1610 g/mol. The number of ether oxygens (including phenoxy) is 6. The number of hydrogen-bond donors (Lipinski definition) is 6. The Hall–Kier alpha value is -8.73. The van der Waals surface area contributed by atoms with Crippen LogP contribution in [0.15, 0.2) is 72.8 Å². The molecule has 8 fully saturated rings. The number of fused-ring (bicyclic) bond motifs is 10. The van der Waals surface area contributed by atoms with E-state index in [-0.39, 0.29) is 68.0 Å². The van der Waals surface area contributed by atoms with Gasteiger partial charge in [-0.05, 0) is 124 Å². The molecule has 2 aromatic carbocycles. The molecule has 10 aliphatic rings. The van der Waals surface area contributed by atoms with Gasteiger partial charge in [-0.15, -0.1) is 12.4 Å². The Bertz CT molecular complexity index is 4730. The molecule has 6 heterocycles. The van der Waals surface area contributed by atoms with Crippen molar-refractivity contribution in [3.63, 3.8) is 0 Å². The summed E-state index contributed by atoms with van der Waals surface area (Å²) in [5.74, 6) is -17.1. The summed E-state index contributed by atoms with van der Waals surface area (Å²) in [4.78, 5) is 125. The second-order valence-corrected chi connectivity index (χ2v) is 36.9. The van der Waals surface area contributed by atoms with E-state index in [1.807, 2.05) is 4.72 Å². The first-order chi connectivity index (χ1) is 53.9. The Kier molecular flexibility index (Phi) is 25.8. The van der Waals surface area contributed by atoms with Gasteiger partial charge in [0.25, 0.3) is 5.91 Å². The minimum atomic E-state index is -4.16. The average Bonchev–Trinajstić information content (AvgIpc) is 1.55. The number of Topliss-reactive ketones (excluding diaryl/α,β-unsaturated/α-hetero) is 1. The summed E-state index contributed by atoms with van der Waals surface area (Å²) in [6.45, 7) is 9.12. The van der Waals surface area contributed by atoms with Crippen LogP contribution in [-0.2, 0) is 79.6 Å². The molecule has 14 rings (SSSR count). The molecule has 30 nitrogen and oxygen atoms in total. The van der Waals surface area contributed by atoms with Gasteiger partial charge in [-0.25, -0.2) is 68.7 Å². The van der Waals surface area contributed by atoms with Crippen LogP contribution in [-0.4, -0.2) is 215 Å². The molecule has 6 saturated carbocycles. The third-order valence-corrected chi connectivity index (χ3v) is 25.7. The molecule has 7 N–H and O–H groups in total. The van der Waals surface area contributed by atoms with E-state index in [9.17, 15) is 77.9 Å². The Morgan fingerprint density at radius 3 is 1.34 bits per heavy atom. The number of halogens is 9. The Morgan fingerprint density at radius 1 is 0.569 bits per heavy atom. The molecular formula is C75H92ClF8N11O19S2. The van der Waals surface area contributed by atoms with Gasteiger partial charge in [0.15, 0.2) is 17.2 Å². The molecule has 0 spiro atoms. The number of aromatic nitrogens is 4. The first-order valence-corrected chi connectivity index (χ1v) is 41.0. The highest BCUT2D eigenvalue weighted by Gasteiger charge is 2.67. The van der Waals surface area contributed by atoms with Crippen LogP contribution in [0.5, 0.6) is 11.8 Å². The second-order valence-electron chi connectivity index (χ2n) is 32.9. The summed E-state index contributed by atoms with van der Waals surface area (Å²) in [6, 6.07) is 7.45. The number of hydrogen-bond acceptors (Lipinski definition) is 23. The molecule has 4 bridgehead atoms. The van der Waals surface area contributed by atoms with Crippen molar-refractivity contribution >= 4 is 102 Å². The van der Waals surface area contributed by atoms with Gasteiger partial charge in [0.05, 0.1) is 82.5 Å². The zero-order valence-electron chi connectivity index (χ0n) is 63.9. The number of para-hydroxylation sites is 4. The van der Waals surface area contributed by atoms with E-state index in [1.54, 1.807) is 82.7 Å². The Morgan fingerprint density at radius 2 is 0.957 bits per heavy atom. The van der Waals surface area contributed by atoms with E-state index in [4.69, 9.17) is 34.2 Å². The smallest absolute Gasteiger partial charge is 0.408 e. The third-order valence-electron chi connectivity index (χ3n) is 22.1. The van der Waals surface area contributed by atoms with Gasteiger partial charge in [-0.1, -0.05) is 78.0 Å². The summed E-state index contributed by atoms with van der Waals surface area (Å²) in [5.41, 5.74) is -0.911. The number of alkyl carbamates (subject to hydrolysis) is 2. The van der Waals surface area contributed by atoms with Gasteiger partial charge in [0, 0.05) is 31.1 Å². The topological polar surface area (TPSA) is 413 Å². The number of rotatable bonds is 12. The van der Waals surface area contributed by atoms with E-state index in [2.05, 4.69) is 30.6 Å². The highest BCUT2D eigenvalue weighted by Crippen LogP contribution is 2.59. The minimum absolute atomic E-state index is 0. The molecule has 4 aromatic rings. The lowest BCUT2D eigenvalue weighted by Gasteiger charge is -2.35. The monoisotopic (exact) mass is 1700 g/mol. The number of benzene rings is 2. The van der Waals surface area contributed by atoms with Gasteiger partial charge in [-0.3, -0.25) is 33.4 Å². The number of alkyl halides is 8. The number of carboxylic acids is 1. The van der Waals surface area contributed by atoms with Crippen LogP contribution in [0.2, 0.25) is 0 Å². The third kappa shape index (κ3) is 19.8. The van der Waals surface area contributed by atoms with Crippen LogP contribution >= 0.6 is 12.4 Å². The highest BCUT2D eigenvalue weighted by atomic mass is 35.5. The van der Waals surface area contributed by atoms with Gasteiger partial charge >= 0.3 is 30.0 Å². The van der Waals surface area contributed by atoms with Crippen molar-refractivity contribution in [2.24, 2.45) is 33.8 Å². The van der Waals surface area contributed by atoms with Crippen LogP contribution in [0.3, 0.4) is 0 Å². The van der Waals surface area contributed by atoms with E-state index >= 15 is 17.6 Å². The number of aliphatic carboxylic acids is 1. The fourth-order valence-corrected chi connectivity index (χ4v) is 17.9. The average molecular weight is 1700 g/mol. The van der Waals surface area contributed by atoms with Crippen LogP contribution in [0.4, 0.5) is 44.7 Å². The van der Waals surface area contributed by atoms with Crippen LogP contribution < -0.4 is 35.3 Å². The Balaban J connectivity index is 0.000000195. The van der Waals surface area contributed by atoms with Crippen LogP contribution in [0.1, 0.15) is 149 Å². The van der Waals surface area contributed by atoms with Gasteiger partial charge in [-0.2, -0.15) is 17.6 Å². The molecule has 2 aromatic heterocycles. The molecule has 4 aliphatic heterocycles. The largest absolute Gasteiger partial charge is 0.480 e. The lowest BCUT2D eigenvalue weighted by molar-refractivity contribution is -0.150. The summed E-state index contributed by atoms with van der Waals surface area (Å²) in [6.07, 6.45) is -5.91. The normalized spacial score (nSPS) is 30.7. The fourth-order valence-electron chi connectivity index (χ4n) is 15.1. The number of ketones is 1. The quantitative estimate of drug-likeness (QED) is 0.0573. The summed E-state index contributed by atoms with van der Waals surface area (Å²) < 4.78 is 203. The van der Waals surface area contributed by atoms with Crippen molar-refractivity contribution in [3.05, 3.63) is 84.2 Å². The van der Waals surface area contributed by atoms with Crippen molar-refractivity contribution in [2.45, 2.75) is 239 Å². The number of carbonyl (C=O) groups excluding carboxylic acids is 7. The van der Waals surface area contributed by atoms with Gasteiger partial charge < -0.3 is 59.7 Å². The number of carboxylic acid groups (broad SMARTS) is 1. The van der Waals surface area contributed by atoms with Crippen molar-refractivity contribution in [3.8, 4) is 11.8 Å². The first kappa shape index (κ1) is 88.1. The molecule has 2 saturated heterocycles. The maximum atomic E-state index is 16.0. The summed E-state index contributed by atoms with van der Waals surface area (Å²) in [5, 5.41) is 13.8. The predicted octanol–water partition coefficient (Wildman–Crippen LogP) is 8.36. The van der Waals surface area contributed by atoms with Crippen LogP contribution in [0.25, 0.3) is 22.1 Å². The number of amides is 6. The van der Waals surface area contributed by atoms with E-state index in [0.29, 0.717) is 81.9 Å². The van der Waals surface area contributed by atoms with E-state index < -0.39 is 240 Å². The standard InChI is InChI=1S/C38H45F4N5O9S.C29H34F2N4O7.C8H12F2N2O3S.ClH/c1-36(2,3)30-33(49)47-19-20(16-25(47)26(48)18-37(17-22(37)31(39)40)34(50)46-57(52,53)21-12-13-21)55-32-29(43-23-8-4-5-9-24(23)44-32)38(41,42)14-7-15-54-27-10-6-11-28(27)56-35(51)45-30;1-28(2,3)23-25(36)35-15-16(14-19(35)26(37)38)41-24-22(32-17-8-4-5-9-18(17)33-24)29(30,31)12-7-13-40-20-10-6-11-21(20)42-27(39)34-23;9-6(10)5-3-8(5,11)7(13)12-16(14,15)4-1-2-4;/h4-5,7-9,14,20-22,25,27-28,30-31H,6,10-13,15-19H2,1-3H3,(H,45,51)(H,46,50);4-5,7-9,12,16,19-21,23H,6,10-11,13-15H2,1-3H3,(H,34,39)(H,37,38);4-6H,1-3,11H2,(H,12,13);1H/b14-7+;12-7+;;/t20-,22+,25+,27-,28-,30-,37-;16-,19+,20-,21-,23-;5-,8+;/m110./s1. The summed E-state index contributed by atoms with van der Waals surface area (Å²) >= 11 is 0. The summed E-state index contributed by atoms with van der Waals surface area (Å²) in [7, 11) is -7.87. The first-order valence-electron chi connectivity index (χ1n) is 37.9. The lowest BCUT2D eigenvalue weighted by atomic mass is 9.85. The maximum absolute atomic E-state index is 16.0. The molecule has 6 aliphatic carbocycles. The second kappa shape index (κ2) is 33.9. The molecule has 636 valence electrons. The molecule has 41 heteroatoms. The number of sulfonamides is 2. The van der Waals surface area contributed by atoms with Crippen molar-refractivity contribution in [1.29, 1.82) is 0 Å². The molecule has 14 atom stereocenters. The van der Waals surface area contributed by atoms with E-state index in [1.165, 1.54) is 18.2 Å². The number of nitrogens with two attached hydrogens (primary N) is 1. The van der Waals surface area contributed by atoms with Crippen molar-refractivity contribution in [2.75, 3.05) is 26.3 Å². The van der Waals surface area contributed by atoms with Gasteiger partial charge in [0.1, 0.15) is 48.1 Å².